The zero-order valence-corrected chi connectivity index (χ0v) is 12.6. The fourth-order valence-electron chi connectivity index (χ4n) is 1.79. The van der Waals surface area contributed by atoms with E-state index in [1.165, 1.54) is 11.3 Å². The van der Waals surface area contributed by atoms with Crippen LogP contribution in [0.3, 0.4) is 0 Å². The van der Waals surface area contributed by atoms with Gasteiger partial charge in [-0.05, 0) is 17.7 Å². The van der Waals surface area contributed by atoms with E-state index in [1.54, 1.807) is 12.5 Å². The zero-order valence-electron chi connectivity index (χ0n) is 11.8. The molecule has 2 aromatic rings. The lowest BCUT2D eigenvalue weighted by molar-refractivity contribution is -0.138. The summed E-state index contributed by atoms with van der Waals surface area (Å²) in [5, 5.41) is 11.3. The maximum absolute atomic E-state index is 10.8. The van der Waals surface area contributed by atoms with Gasteiger partial charge in [0.05, 0.1) is 12.8 Å². The van der Waals surface area contributed by atoms with Gasteiger partial charge in [0.2, 0.25) is 0 Å². The number of aliphatic carboxylic acids is 1. The first kappa shape index (κ1) is 15.3. The van der Waals surface area contributed by atoms with Crippen molar-refractivity contribution in [2.24, 2.45) is 5.73 Å². The average Bonchev–Trinajstić information content (AvgIpc) is 2.97. The molecule has 1 aromatic carbocycles. The first-order chi connectivity index (χ1) is 10.0. The van der Waals surface area contributed by atoms with E-state index in [4.69, 9.17) is 15.6 Å². The molecule has 0 saturated carbocycles. The normalized spacial score (nSPS) is 12.0. The average molecular weight is 307 g/mol. The number of nitrogens with two attached hydrogens (primary N) is 1. The van der Waals surface area contributed by atoms with Crippen molar-refractivity contribution < 1.29 is 14.6 Å². The third-order valence-corrected chi connectivity index (χ3v) is 3.97. The predicted molar refractivity (Wildman–Crippen MR) is 81.8 cm³/mol. The second-order valence-corrected chi connectivity index (χ2v) is 5.41. The van der Waals surface area contributed by atoms with Crippen LogP contribution in [0.5, 0.6) is 5.75 Å². The van der Waals surface area contributed by atoms with Gasteiger partial charge < -0.3 is 20.5 Å². The lowest BCUT2D eigenvalue weighted by atomic mass is 10.2. The minimum absolute atomic E-state index is 0.379. The number of thiazole rings is 1. The summed E-state index contributed by atoms with van der Waals surface area (Å²) in [6.07, 6.45) is 0. The second kappa shape index (κ2) is 6.55. The molecule has 0 bridgehead atoms. The minimum Gasteiger partial charge on any atom is -0.497 e. The lowest BCUT2D eigenvalue weighted by Crippen LogP contribution is -2.21. The van der Waals surface area contributed by atoms with Crippen molar-refractivity contribution in [1.29, 1.82) is 0 Å². The maximum Gasteiger partial charge on any atom is 0.326 e. The van der Waals surface area contributed by atoms with E-state index in [0.717, 1.165) is 16.4 Å². The molecule has 0 saturated heterocycles. The van der Waals surface area contributed by atoms with Gasteiger partial charge in [-0.25, -0.2) is 4.98 Å². The Balaban J connectivity index is 2.05. The van der Waals surface area contributed by atoms with Crippen molar-refractivity contribution in [1.82, 2.24) is 4.98 Å². The van der Waals surface area contributed by atoms with Crippen molar-refractivity contribution in [3.63, 3.8) is 0 Å². The Labute approximate surface area is 126 Å². The van der Waals surface area contributed by atoms with Crippen LogP contribution in [0.25, 0.3) is 0 Å². The molecule has 6 nitrogen and oxygen atoms in total. The zero-order chi connectivity index (χ0) is 15.4. The van der Waals surface area contributed by atoms with Gasteiger partial charge in [0.1, 0.15) is 11.8 Å². The van der Waals surface area contributed by atoms with Crippen LogP contribution < -0.4 is 15.4 Å². The van der Waals surface area contributed by atoms with Crippen molar-refractivity contribution in [3.05, 3.63) is 40.9 Å². The number of ether oxygens (including phenoxy) is 1. The molecule has 1 heterocycles. The van der Waals surface area contributed by atoms with Gasteiger partial charge in [0.15, 0.2) is 5.13 Å². The Kier molecular flexibility index (Phi) is 4.77. The molecule has 0 radical (unpaired) electrons. The molecule has 1 aromatic heterocycles. The molecular formula is C14H17N3O3S. The van der Waals surface area contributed by atoms with Crippen LogP contribution in [0.4, 0.5) is 5.13 Å². The van der Waals surface area contributed by atoms with Crippen LogP contribution in [-0.4, -0.2) is 30.2 Å². The molecule has 7 heteroatoms. The maximum atomic E-state index is 10.8. The highest BCUT2D eigenvalue weighted by Gasteiger charge is 2.18. The molecule has 1 unspecified atom stereocenters. The second-order valence-electron chi connectivity index (χ2n) is 4.57. The van der Waals surface area contributed by atoms with Gasteiger partial charge in [-0.3, -0.25) is 4.79 Å². The quantitative estimate of drug-likeness (QED) is 0.847. The number of benzene rings is 1. The van der Waals surface area contributed by atoms with Crippen LogP contribution in [0, 0.1) is 0 Å². The van der Waals surface area contributed by atoms with Gasteiger partial charge >= 0.3 is 5.97 Å². The predicted octanol–water partition coefficient (Wildman–Crippen LogP) is 1.87. The molecule has 1 atom stereocenters. The van der Waals surface area contributed by atoms with E-state index in [9.17, 15) is 4.79 Å². The van der Waals surface area contributed by atoms with Crippen LogP contribution in [-0.2, 0) is 11.3 Å². The Morgan fingerprint density at radius 2 is 2.14 bits per heavy atom. The summed E-state index contributed by atoms with van der Waals surface area (Å²) in [6.45, 7) is 0.666. The summed E-state index contributed by atoms with van der Waals surface area (Å²) in [5.41, 5.74) is 7.04. The monoisotopic (exact) mass is 307 g/mol. The van der Waals surface area contributed by atoms with E-state index in [-0.39, 0.29) is 0 Å². The Bertz CT molecular complexity index is 612. The van der Waals surface area contributed by atoms with E-state index in [2.05, 4.69) is 4.98 Å². The molecule has 112 valence electrons. The molecule has 0 amide bonds. The number of nitrogens with zero attached hydrogens (tertiary/aromatic N) is 2. The van der Waals surface area contributed by atoms with E-state index >= 15 is 0 Å². The summed E-state index contributed by atoms with van der Waals surface area (Å²) in [4.78, 5) is 17.1. The van der Waals surface area contributed by atoms with E-state index < -0.39 is 12.0 Å². The minimum atomic E-state index is -1.08. The third kappa shape index (κ3) is 3.71. The van der Waals surface area contributed by atoms with E-state index in [0.29, 0.717) is 12.2 Å². The Morgan fingerprint density at radius 3 is 2.71 bits per heavy atom. The topological polar surface area (TPSA) is 88.7 Å². The highest BCUT2D eigenvalue weighted by atomic mass is 32.1. The Morgan fingerprint density at radius 1 is 1.48 bits per heavy atom. The van der Waals surface area contributed by atoms with Gasteiger partial charge in [0, 0.05) is 19.0 Å². The molecule has 3 N–H and O–H groups in total. The number of carbonyl (C=O) groups is 1. The van der Waals surface area contributed by atoms with Gasteiger partial charge in [0.25, 0.3) is 0 Å². The van der Waals surface area contributed by atoms with Crippen molar-refractivity contribution in [2.45, 2.75) is 12.6 Å². The molecule has 0 aliphatic carbocycles. The molecule has 0 spiro atoms. The number of carboxylic acid groups (broad SMARTS) is 1. The summed E-state index contributed by atoms with van der Waals surface area (Å²) in [6, 6.07) is 6.68. The van der Waals surface area contributed by atoms with E-state index in [1.807, 2.05) is 36.2 Å². The Hall–Kier alpha value is -2.12. The van der Waals surface area contributed by atoms with Gasteiger partial charge in [-0.1, -0.05) is 12.1 Å². The summed E-state index contributed by atoms with van der Waals surface area (Å²) >= 11 is 1.38. The third-order valence-electron chi connectivity index (χ3n) is 3.00. The number of hydrogen-bond acceptors (Lipinski definition) is 6. The van der Waals surface area contributed by atoms with Crippen molar-refractivity contribution >= 4 is 22.4 Å². The number of methoxy groups -OCH3 is 1. The fourth-order valence-corrected chi connectivity index (χ4v) is 2.62. The highest BCUT2D eigenvalue weighted by molar-refractivity contribution is 7.13. The number of carboxylic acids is 1. The molecule has 0 aliphatic rings. The van der Waals surface area contributed by atoms with Gasteiger partial charge in [-0.15, -0.1) is 11.3 Å². The SMILES string of the molecule is COc1ccc(CN(C)c2nc(C(N)C(=O)O)cs2)cc1. The number of aromatic nitrogens is 1. The molecular weight excluding hydrogens is 290 g/mol. The smallest absolute Gasteiger partial charge is 0.326 e. The number of hydrogen-bond donors (Lipinski definition) is 2. The highest BCUT2D eigenvalue weighted by Crippen LogP contribution is 2.24. The summed E-state index contributed by atoms with van der Waals surface area (Å²) in [5.74, 6) is -0.268. The van der Waals surface area contributed by atoms with Crippen LogP contribution >= 0.6 is 11.3 Å². The molecule has 0 aliphatic heterocycles. The first-order valence-electron chi connectivity index (χ1n) is 6.29. The standard InChI is InChI=1S/C14H17N3O3S/c1-17(7-9-3-5-10(20-2)6-4-9)14-16-11(8-21-14)12(15)13(18)19/h3-6,8,12H,7,15H2,1-2H3,(H,18,19). The van der Waals surface area contributed by atoms with Crippen LogP contribution in [0.15, 0.2) is 29.6 Å². The number of rotatable bonds is 6. The lowest BCUT2D eigenvalue weighted by Gasteiger charge is -2.16. The molecule has 21 heavy (non-hydrogen) atoms. The largest absolute Gasteiger partial charge is 0.497 e. The molecule has 0 fully saturated rings. The summed E-state index contributed by atoms with van der Waals surface area (Å²) < 4.78 is 5.12. The van der Waals surface area contributed by atoms with Gasteiger partial charge in [-0.2, -0.15) is 0 Å². The first-order valence-corrected chi connectivity index (χ1v) is 7.17. The van der Waals surface area contributed by atoms with Crippen LogP contribution in [0.2, 0.25) is 0 Å². The van der Waals surface area contributed by atoms with Crippen molar-refractivity contribution in [2.75, 3.05) is 19.1 Å². The van der Waals surface area contributed by atoms with Crippen molar-refractivity contribution in [3.8, 4) is 5.75 Å². The number of anilines is 1. The summed E-state index contributed by atoms with van der Waals surface area (Å²) in [7, 11) is 3.53. The molecule has 2 rings (SSSR count). The van der Waals surface area contributed by atoms with Crippen LogP contribution in [0.1, 0.15) is 17.3 Å². The fraction of sp³-hybridized carbons (Fsp3) is 0.286.